The fourth-order valence-electron chi connectivity index (χ4n) is 4.45. The minimum absolute atomic E-state index is 0.0119. The lowest BCUT2D eigenvalue weighted by atomic mass is 10.1. The number of carbonyl (C=O) groups is 2. The van der Waals surface area contributed by atoms with E-state index in [9.17, 15) is 14.0 Å². The molecule has 1 amide bonds. The molecular weight excluding hydrogens is 515 g/mol. The summed E-state index contributed by atoms with van der Waals surface area (Å²) < 4.78 is 23.1. The maximum Gasteiger partial charge on any atom is 0.341 e. The van der Waals surface area contributed by atoms with Gasteiger partial charge in [-0.2, -0.15) is 0 Å². The summed E-state index contributed by atoms with van der Waals surface area (Å²) in [6, 6.07) is 3.32. The molecule has 1 aliphatic heterocycles. The standard InChI is InChI=1S/C25H24ClFN8O3/c1-2-38-25(37)17-7-15(14-3-4-14)9-34-10-16(30-23(17)34)11-35-12-20(31-32-35)24(36)28-8-19-22-21(27)18(26)5-6-33(22)13-29-19/h5-7,9-10,12-14,31-32H,2-4,8,11H2,1H3,(H,28,36). The molecule has 0 bridgehead atoms. The van der Waals surface area contributed by atoms with Crippen molar-refractivity contribution in [2.45, 2.75) is 38.8 Å². The second kappa shape index (κ2) is 9.62. The molecular formula is C25H24ClFN8O3. The fraction of sp³-hybridized carbons (Fsp3) is 0.280. The third-order valence-corrected chi connectivity index (χ3v) is 6.74. The second-order valence-electron chi connectivity index (χ2n) is 9.16. The van der Waals surface area contributed by atoms with Gasteiger partial charge in [0.1, 0.15) is 16.8 Å². The smallest absolute Gasteiger partial charge is 0.341 e. The van der Waals surface area contributed by atoms with Crippen molar-refractivity contribution in [2.75, 3.05) is 6.61 Å². The van der Waals surface area contributed by atoms with E-state index < -0.39 is 17.7 Å². The average molecular weight is 539 g/mol. The van der Waals surface area contributed by atoms with Crippen LogP contribution in [0.4, 0.5) is 4.39 Å². The lowest BCUT2D eigenvalue weighted by molar-refractivity contribution is -0.118. The van der Waals surface area contributed by atoms with Crippen LogP contribution in [-0.4, -0.2) is 42.3 Å². The zero-order valence-electron chi connectivity index (χ0n) is 20.4. The quantitative estimate of drug-likeness (QED) is 0.293. The van der Waals surface area contributed by atoms with Gasteiger partial charge in [-0.15, -0.1) is 5.53 Å². The number of hydrogen-bond acceptors (Lipinski definition) is 8. The van der Waals surface area contributed by atoms with Crippen LogP contribution in [0.5, 0.6) is 0 Å². The van der Waals surface area contributed by atoms with E-state index in [1.54, 1.807) is 24.3 Å². The van der Waals surface area contributed by atoms with Crippen LogP contribution in [0.1, 0.15) is 53.0 Å². The van der Waals surface area contributed by atoms with Gasteiger partial charge in [0.2, 0.25) is 0 Å². The normalized spacial score (nSPS) is 15.1. The molecule has 0 radical (unpaired) electrons. The van der Waals surface area contributed by atoms with Crippen molar-refractivity contribution in [3.05, 3.63) is 82.3 Å². The van der Waals surface area contributed by atoms with E-state index in [1.165, 1.54) is 16.8 Å². The Morgan fingerprint density at radius 2 is 2.13 bits per heavy atom. The Morgan fingerprint density at radius 3 is 2.92 bits per heavy atom. The molecule has 1 aliphatic carbocycles. The van der Waals surface area contributed by atoms with E-state index in [4.69, 9.17) is 16.3 Å². The third kappa shape index (κ3) is 4.52. The minimum Gasteiger partial charge on any atom is -0.462 e. The highest BCUT2D eigenvalue weighted by atomic mass is 35.5. The van der Waals surface area contributed by atoms with Crippen molar-refractivity contribution < 1.29 is 18.7 Å². The molecule has 1 saturated carbocycles. The highest BCUT2D eigenvalue weighted by Gasteiger charge is 2.27. The van der Waals surface area contributed by atoms with E-state index in [0.717, 1.165) is 18.4 Å². The van der Waals surface area contributed by atoms with Gasteiger partial charge in [-0.05, 0) is 43.4 Å². The Morgan fingerprint density at radius 1 is 1.29 bits per heavy atom. The molecule has 3 N–H and O–H groups in total. The lowest BCUT2D eigenvalue weighted by Gasteiger charge is -2.12. The van der Waals surface area contributed by atoms with Gasteiger partial charge in [-0.25, -0.2) is 19.2 Å². The van der Waals surface area contributed by atoms with Gasteiger partial charge in [0.05, 0.1) is 42.4 Å². The van der Waals surface area contributed by atoms with Crippen LogP contribution in [0.25, 0.3) is 11.2 Å². The maximum absolute atomic E-state index is 14.4. The predicted molar refractivity (Wildman–Crippen MR) is 135 cm³/mol. The van der Waals surface area contributed by atoms with Gasteiger partial charge < -0.3 is 18.9 Å². The van der Waals surface area contributed by atoms with Crippen LogP contribution in [0.15, 0.2) is 48.9 Å². The molecule has 11 nitrogen and oxygen atoms in total. The first-order chi connectivity index (χ1) is 18.4. The molecule has 5 heterocycles. The number of ether oxygens (including phenoxy) is 1. The van der Waals surface area contributed by atoms with Crippen LogP contribution < -0.4 is 16.3 Å². The number of aromatic nitrogens is 4. The first-order valence-corrected chi connectivity index (χ1v) is 12.6. The predicted octanol–water partition coefficient (Wildman–Crippen LogP) is 2.81. The molecule has 0 atom stereocenters. The summed E-state index contributed by atoms with van der Waals surface area (Å²) in [6.45, 7) is 2.39. The van der Waals surface area contributed by atoms with Crippen LogP contribution >= 0.6 is 11.6 Å². The summed E-state index contributed by atoms with van der Waals surface area (Å²) in [6.07, 6.45) is 10.7. The Bertz CT molecular complexity index is 1610. The van der Waals surface area contributed by atoms with Crippen molar-refractivity contribution in [1.82, 2.24) is 40.1 Å². The first kappa shape index (κ1) is 24.2. The third-order valence-electron chi connectivity index (χ3n) is 6.45. The number of pyridine rings is 2. The SMILES string of the molecule is CCOC(=O)c1cc(C2CC2)cn2cc(CN3C=C(C(=O)NCc4ncn5ccc(Cl)c(F)c45)NN3)nc12. The molecule has 2 aliphatic rings. The Balaban J connectivity index is 1.16. The maximum atomic E-state index is 14.4. The van der Waals surface area contributed by atoms with Gasteiger partial charge >= 0.3 is 5.97 Å². The Labute approximate surface area is 221 Å². The summed E-state index contributed by atoms with van der Waals surface area (Å²) in [7, 11) is 0. The van der Waals surface area contributed by atoms with Crippen molar-refractivity contribution in [3.63, 3.8) is 0 Å². The van der Waals surface area contributed by atoms with Gasteiger partial charge in [0, 0.05) is 24.8 Å². The van der Waals surface area contributed by atoms with Crippen molar-refractivity contribution in [1.29, 1.82) is 0 Å². The number of amides is 1. The van der Waals surface area contributed by atoms with Gasteiger partial charge in [0.15, 0.2) is 11.5 Å². The molecule has 196 valence electrons. The number of rotatable bonds is 8. The zero-order chi connectivity index (χ0) is 26.4. The van der Waals surface area contributed by atoms with Gasteiger partial charge in [-0.3, -0.25) is 15.2 Å². The monoisotopic (exact) mass is 538 g/mol. The summed E-state index contributed by atoms with van der Waals surface area (Å²) >= 11 is 5.89. The first-order valence-electron chi connectivity index (χ1n) is 12.2. The lowest BCUT2D eigenvalue weighted by Crippen LogP contribution is -2.38. The van der Waals surface area contributed by atoms with Crippen LogP contribution in [0, 0.1) is 5.82 Å². The molecule has 38 heavy (non-hydrogen) atoms. The Kier molecular flexibility index (Phi) is 6.12. The molecule has 0 saturated heterocycles. The van der Waals surface area contributed by atoms with E-state index >= 15 is 0 Å². The molecule has 6 rings (SSSR count). The number of fused-ring (bicyclic) bond motifs is 2. The van der Waals surface area contributed by atoms with Crippen LogP contribution in [-0.2, 0) is 22.6 Å². The number of halogens is 2. The highest BCUT2D eigenvalue weighted by molar-refractivity contribution is 6.31. The van der Waals surface area contributed by atoms with E-state index in [-0.39, 0.29) is 29.4 Å². The topological polar surface area (TPSA) is 117 Å². The van der Waals surface area contributed by atoms with E-state index in [2.05, 4.69) is 26.2 Å². The largest absolute Gasteiger partial charge is 0.462 e. The second-order valence-corrected chi connectivity index (χ2v) is 9.57. The van der Waals surface area contributed by atoms with E-state index in [0.29, 0.717) is 35.1 Å². The minimum atomic E-state index is -0.593. The number of nitrogens with zero attached hydrogens (tertiary/aromatic N) is 5. The molecule has 13 heteroatoms. The van der Waals surface area contributed by atoms with Crippen molar-refractivity contribution in [2.24, 2.45) is 0 Å². The highest BCUT2D eigenvalue weighted by Crippen LogP contribution is 2.40. The molecule has 0 spiro atoms. The van der Waals surface area contributed by atoms with Gasteiger partial charge in [0.25, 0.3) is 5.91 Å². The number of nitrogens with one attached hydrogen (secondary N) is 3. The van der Waals surface area contributed by atoms with Crippen molar-refractivity contribution >= 4 is 34.6 Å². The molecule has 4 aromatic rings. The molecule has 4 aromatic heterocycles. The number of hydrogen-bond donors (Lipinski definition) is 3. The van der Waals surface area contributed by atoms with Gasteiger partial charge in [-0.1, -0.05) is 11.6 Å². The fourth-order valence-corrected chi connectivity index (χ4v) is 4.59. The molecule has 1 fully saturated rings. The summed E-state index contributed by atoms with van der Waals surface area (Å²) in [5.41, 5.74) is 9.31. The number of carbonyl (C=O) groups excluding carboxylic acids is 2. The molecule has 0 unspecified atom stereocenters. The average Bonchev–Trinajstić information content (AvgIpc) is 3.30. The summed E-state index contributed by atoms with van der Waals surface area (Å²) in [5, 5.41) is 4.38. The Hall–Kier alpha value is -4.16. The number of esters is 1. The van der Waals surface area contributed by atoms with Crippen molar-refractivity contribution in [3.8, 4) is 0 Å². The van der Waals surface area contributed by atoms with Crippen LogP contribution in [0.3, 0.4) is 0 Å². The number of imidazole rings is 2. The van der Waals surface area contributed by atoms with E-state index in [1.807, 2.05) is 22.9 Å². The summed E-state index contributed by atoms with van der Waals surface area (Å²) in [4.78, 5) is 34.1. The van der Waals surface area contributed by atoms with Crippen LogP contribution in [0.2, 0.25) is 5.02 Å². The summed E-state index contributed by atoms with van der Waals surface area (Å²) in [5.74, 6) is -0.938. The molecule has 0 aromatic carbocycles. The zero-order valence-corrected chi connectivity index (χ0v) is 21.1. The number of hydrazine groups is 2.